The molecule has 0 fully saturated rings. The number of hydroxylamine groups is 1. The molecule has 1 amide bonds. The lowest BCUT2D eigenvalue weighted by molar-refractivity contribution is -0.160. The summed E-state index contributed by atoms with van der Waals surface area (Å²) in [6.45, 7) is 7.06. The average molecular weight is 357 g/mol. The highest BCUT2D eigenvalue weighted by molar-refractivity contribution is 5.75. The van der Waals surface area contributed by atoms with Crippen molar-refractivity contribution in [3.8, 4) is 0 Å². The van der Waals surface area contributed by atoms with E-state index in [0.717, 1.165) is 30.4 Å². The topological polar surface area (TPSA) is 52.6 Å². The number of carbonyl (C=O) groups excluding carboxylic acids is 1. The number of unbranched alkanes of at least 4 members (excludes halogenated alkanes) is 11. The van der Waals surface area contributed by atoms with E-state index in [9.17, 15) is 10.0 Å². The van der Waals surface area contributed by atoms with Crippen molar-refractivity contribution >= 4 is 5.91 Å². The number of hydrazine groups is 1. The molecule has 25 heavy (non-hydrogen) atoms. The molecule has 0 aromatic carbocycles. The Hall–Kier alpha value is -0.610. The minimum absolute atomic E-state index is 0.0793. The van der Waals surface area contributed by atoms with E-state index in [4.69, 9.17) is 0 Å². The van der Waals surface area contributed by atoms with Gasteiger partial charge in [0.15, 0.2) is 0 Å². The van der Waals surface area contributed by atoms with Crippen LogP contribution in [0, 0.1) is 5.92 Å². The molecule has 0 heterocycles. The monoisotopic (exact) mass is 356 g/mol. The minimum atomic E-state index is -0.0793. The molecule has 0 aliphatic heterocycles. The minimum Gasteiger partial charge on any atom is -0.295 e. The summed E-state index contributed by atoms with van der Waals surface area (Å²) in [4.78, 5) is 11.6. The summed E-state index contributed by atoms with van der Waals surface area (Å²) < 4.78 is 0. The molecule has 4 nitrogen and oxygen atoms in total. The lowest BCUT2D eigenvalue weighted by Crippen LogP contribution is -2.40. The molecular formula is C21H44N2O2. The smallest absolute Gasteiger partial charge is 0.236 e. The van der Waals surface area contributed by atoms with E-state index in [1.165, 1.54) is 70.6 Å². The Morgan fingerprint density at radius 3 is 1.72 bits per heavy atom. The van der Waals surface area contributed by atoms with Crippen molar-refractivity contribution < 1.29 is 10.0 Å². The molecule has 0 radical (unpaired) electrons. The first kappa shape index (κ1) is 24.4. The van der Waals surface area contributed by atoms with Gasteiger partial charge in [0.05, 0.1) is 0 Å². The van der Waals surface area contributed by atoms with Crippen molar-refractivity contribution in [3.63, 3.8) is 0 Å². The Bertz CT molecular complexity index is 296. The molecule has 0 aliphatic rings. The third-order valence-electron chi connectivity index (χ3n) is 4.62. The zero-order chi connectivity index (χ0) is 18.8. The van der Waals surface area contributed by atoms with Gasteiger partial charge in [0.1, 0.15) is 0 Å². The van der Waals surface area contributed by atoms with Crippen LogP contribution in [0.25, 0.3) is 0 Å². The Labute approximate surface area is 156 Å². The first-order valence-corrected chi connectivity index (χ1v) is 10.8. The maximum atomic E-state index is 11.6. The Morgan fingerprint density at radius 1 is 0.840 bits per heavy atom. The fraction of sp³-hybridized carbons (Fsp3) is 0.952. The second kappa shape index (κ2) is 18.2. The van der Waals surface area contributed by atoms with Gasteiger partial charge in [0.2, 0.25) is 5.91 Å². The van der Waals surface area contributed by atoms with E-state index in [0.29, 0.717) is 13.0 Å². The zero-order valence-electron chi connectivity index (χ0n) is 17.2. The molecule has 4 heteroatoms. The van der Waals surface area contributed by atoms with Gasteiger partial charge in [-0.15, -0.1) is 5.17 Å². The van der Waals surface area contributed by atoms with Crippen LogP contribution in [0.2, 0.25) is 0 Å². The quantitative estimate of drug-likeness (QED) is 0.226. The molecular weight excluding hydrogens is 312 g/mol. The predicted molar refractivity (Wildman–Crippen MR) is 106 cm³/mol. The van der Waals surface area contributed by atoms with Crippen LogP contribution in [-0.2, 0) is 4.79 Å². The van der Waals surface area contributed by atoms with Gasteiger partial charge in [-0.25, -0.2) is 0 Å². The molecule has 0 aromatic heterocycles. The predicted octanol–water partition coefficient (Wildman–Crippen LogP) is 6.24. The summed E-state index contributed by atoms with van der Waals surface area (Å²) in [7, 11) is 0. The van der Waals surface area contributed by atoms with E-state index < -0.39 is 0 Å². The molecule has 0 saturated carbocycles. The van der Waals surface area contributed by atoms with Crippen molar-refractivity contribution in [1.82, 2.24) is 10.6 Å². The Morgan fingerprint density at radius 2 is 1.28 bits per heavy atom. The number of nitrogens with one attached hydrogen (secondary N) is 1. The third kappa shape index (κ3) is 19.6. The van der Waals surface area contributed by atoms with Crippen molar-refractivity contribution in [2.75, 3.05) is 6.54 Å². The summed E-state index contributed by atoms with van der Waals surface area (Å²) in [5, 5.41) is 10.2. The molecule has 0 aromatic rings. The first-order chi connectivity index (χ1) is 12.1. The lowest BCUT2D eigenvalue weighted by atomic mass is 10.0. The fourth-order valence-corrected chi connectivity index (χ4v) is 3.07. The van der Waals surface area contributed by atoms with Crippen LogP contribution in [-0.4, -0.2) is 22.8 Å². The highest BCUT2D eigenvalue weighted by Gasteiger charge is 2.05. The van der Waals surface area contributed by atoms with Gasteiger partial charge in [-0.1, -0.05) is 97.8 Å². The Kier molecular flexibility index (Phi) is 17.7. The second-order valence-corrected chi connectivity index (χ2v) is 7.83. The van der Waals surface area contributed by atoms with Gasteiger partial charge in [-0.3, -0.25) is 15.4 Å². The van der Waals surface area contributed by atoms with E-state index in [1.54, 1.807) is 0 Å². The molecule has 0 unspecified atom stereocenters. The van der Waals surface area contributed by atoms with E-state index >= 15 is 0 Å². The Balaban J connectivity index is 3.17. The third-order valence-corrected chi connectivity index (χ3v) is 4.62. The van der Waals surface area contributed by atoms with Gasteiger partial charge in [-0.05, 0) is 18.8 Å². The molecule has 0 spiro atoms. The van der Waals surface area contributed by atoms with Gasteiger partial charge in [-0.2, -0.15) is 0 Å². The molecule has 0 atom stereocenters. The normalized spacial score (nSPS) is 11.4. The van der Waals surface area contributed by atoms with E-state index in [2.05, 4.69) is 19.3 Å². The maximum absolute atomic E-state index is 11.6. The van der Waals surface area contributed by atoms with Crippen molar-refractivity contribution in [1.29, 1.82) is 0 Å². The van der Waals surface area contributed by atoms with Gasteiger partial charge in [0.25, 0.3) is 0 Å². The molecule has 0 rings (SSSR count). The molecule has 150 valence electrons. The number of carbonyl (C=O) groups is 1. The van der Waals surface area contributed by atoms with Crippen molar-refractivity contribution in [3.05, 3.63) is 0 Å². The number of hydrogen-bond donors (Lipinski definition) is 2. The summed E-state index contributed by atoms with van der Waals surface area (Å²) in [6, 6.07) is 0. The van der Waals surface area contributed by atoms with Crippen LogP contribution in [0.5, 0.6) is 0 Å². The molecule has 2 N–H and O–H groups in total. The second-order valence-electron chi connectivity index (χ2n) is 7.83. The number of nitrogens with zero attached hydrogens (tertiary/aromatic N) is 1. The SMILES string of the molecule is CCCN(O)NC(=O)CCCCCCCCCCCCCCC(C)C. The molecule has 0 saturated heterocycles. The van der Waals surface area contributed by atoms with Crippen molar-refractivity contribution in [2.45, 2.75) is 117 Å². The maximum Gasteiger partial charge on any atom is 0.236 e. The number of rotatable bonds is 18. The molecule has 0 aliphatic carbocycles. The van der Waals surface area contributed by atoms with Crippen LogP contribution in [0.15, 0.2) is 0 Å². The van der Waals surface area contributed by atoms with Gasteiger partial charge < -0.3 is 0 Å². The van der Waals surface area contributed by atoms with Crippen LogP contribution in [0.4, 0.5) is 0 Å². The number of amides is 1. The summed E-state index contributed by atoms with van der Waals surface area (Å²) in [5.41, 5.74) is 2.48. The van der Waals surface area contributed by atoms with E-state index in [1.807, 2.05) is 6.92 Å². The van der Waals surface area contributed by atoms with Crippen LogP contribution in [0.1, 0.15) is 117 Å². The van der Waals surface area contributed by atoms with Crippen LogP contribution in [0.3, 0.4) is 0 Å². The number of hydrogen-bond acceptors (Lipinski definition) is 3. The highest BCUT2D eigenvalue weighted by Crippen LogP contribution is 2.14. The van der Waals surface area contributed by atoms with Gasteiger partial charge >= 0.3 is 0 Å². The van der Waals surface area contributed by atoms with Crippen LogP contribution >= 0.6 is 0 Å². The zero-order valence-corrected chi connectivity index (χ0v) is 17.2. The molecule has 0 bridgehead atoms. The van der Waals surface area contributed by atoms with Gasteiger partial charge in [0, 0.05) is 13.0 Å². The fourth-order valence-electron chi connectivity index (χ4n) is 3.07. The lowest BCUT2D eigenvalue weighted by Gasteiger charge is -2.14. The summed E-state index contributed by atoms with van der Waals surface area (Å²) >= 11 is 0. The van der Waals surface area contributed by atoms with Crippen molar-refractivity contribution in [2.24, 2.45) is 5.92 Å². The highest BCUT2D eigenvalue weighted by atomic mass is 16.5. The average Bonchev–Trinajstić information content (AvgIpc) is 2.55. The summed E-state index contributed by atoms with van der Waals surface area (Å²) in [6.07, 6.45) is 18.4. The standard InChI is InChI=1S/C21H44N2O2/c1-4-19-23(25)22-21(24)18-16-14-12-10-8-6-5-7-9-11-13-15-17-20(2)3/h20,25H,4-19H2,1-3H3,(H,22,24). The largest absolute Gasteiger partial charge is 0.295 e. The van der Waals surface area contributed by atoms with Crippen LogP contribution < -0.4 is 5.43 Å². The van der Waals surface area contributed by atoms with E-state index in [-0.39, 0.29) is 5.91 Å². The summed E-state index contributed by atoms with van der Waals surface area (Å²) in [5.74, 6) is 0.782. The first-order valence-electron chi connectivity index (χ1n) is 10.8.